The lowest BCUT2D eigenvalue weighted by molar-refractivity contribution is -0.763. The normalized spacial score (nSPS) is 9.39. The standard InChI is InChI=1S/C9H9NO5.C7H8S.C2H4N4S2/c11-7-14-5-8-1-3-9(4-2-8)6-15-10(12)13;1-6-2-4-7(8)5-3-6;3-1-5-6-2(7-1)8-4/h1-4,7H,5-6H2;2-5,8H,1H3;4H2,(H2,3,5). The van der Waals surface area contributed by atoms with Crippen LogP contribution in [0.3, 0.4) is 0 Å². The van der Waals surface area contributed by atoms with Crippen molar-refractivity contribution in [1.29, 1.82) is 0 Å². The number of hydrogen-bond donors (Lipinski definition) is 3. The molecule has 0 aliphatic carbocycles. The molecule has 0 fully saturated rings. The molecule has 10 nitrogen and oxygen atoms in total. The van der Waals surface area contributed by atoms with E-state index in [1.54, 1.807) is 24.3 Å². The average Bonchev–Trinajstić information content (AvgIpc) is 3.20. The molecule has 4 N–H and O–H groups in total. The molecule has 1 heterocycles. The number of aromatic nitrogens is 2. The van der Waals surface area contributed by atoms with E-state index < -0.39 is 5.09 Å². The first-order chi connectivity index (χ1) is 14.8. The van der Waals surface area contributed by atoms with E-state index in [-0.39, 0.29) is 13.2 Å². The third kappa shape index (κ3) is 12.4. The Labute approximate surface area is 192 Å². The molecule has 0 atom stereocenters. The number of carbonyl (C=O) groups is 1. The lowest BCUT2D eigenvalue weighted by Crippen LogP contribution is -2.00. The van der Waals surface area contributed by atoms with Gasteiger partial charge < -0.3 is 15.3 Å². The summed E-state index contributed by atoms with van der Waals surface area (Å²) in [7, 11) is 0. The zero-order chi connectivity index (χ0) is 23.1. The second-order valence-corrected chi connectivity index (χ2v) is 7.99. The average molecular weight is 484 g/mol. The smallest absolute Gasteiger partial charge is 0.294 e. The van der Waals surface area contributed by atoms with E-state index >= 15 is 0 Å². The summed E-state index contributed by atoms with van der Waals surface area (Å²) in [5.74, 6) is 0. The Kier molecular flexibility index (Phi) is 12.7. The number of rotatable bonds is 7. The molecule has 0 aliphatic heterocycles. The molecule has 0 saturated carbocycles. The molecule has 0 amide bonds. The summed E-state index contributed by atoms with van der Waals surface area (Å²) in [6, 6.07) is 14.8. The minimum atomic E-state index is -0.844. The molecule has 0 radical (unpaired) electrons. The second-order valence-electron chi connectivity index (χ2n) is 5.58. The lowest BCUT2D eigenvalue weighted by Gasteiger charge is -2.02. The second kappa shape index (κ2) is 15.0. The van der Waals surface area contributed by atoms with Gasteiger partial charge in [-0.25, -0.2) is 0 Å². The SMILES string of the molecule is Cc1ccc(S)cc1.NSc1nnc(N)s1.O=COCc1ccc(CO[N+](=O)[O-])cc1. The molecule has 0 spiro atoms. The quantitative estimate of drug-likeness (QED) is 0.149. The molecule has 0 unspecified atom stereocenters. The van der Waals surface area contributed by atoms with Gasteiger partial charge in [-0.3, -0.25) is 9.93 Å². The number of thiol groups is 1. The summed E-state index contributed by atoms with van der Waals surface area (Å²) >= 11 is 6.47. The van der Waals surface area contributed by atoms with E-state index in [0.29, 0.717) is 21.5 Å². The highest BCUT2D eigenvalue weighted by Gasteiger charge is 1.98. The van der Waals surface area contributed by atoms with Gasteiger partial charge in [0.05, 0.1) is 0 Å². The first-order valence-electron chi connectivity index (χ1n) is 8.45. The Morgan fingerprint density at radius 3 is 2.10 bits per heavy atom. The fourth-order valence-electron chi connectivity index (χ4n) is 1.80. The fraction of sp³-hybridized carbons (Fsp3) is 0.167. The van der Waals surface area contributed by atoms with E-state index in [0.717, 1.165) is 22.4 Å². The summed E-state index contributed by atoms with van der Waals surface area (Å²) in [5.41, 5.74) is 8.00. The number of anilines is 1. The van der Waals surface area contributed by atoms with Crippen molar-refractivity contribution in [3.63, 3.8) is 0 Å². The van der Waals surface area contributed by atoms with Crippen molar-refractivity contribution in [2.24, 2.45) is 5.14 Å². The van der Waals surface area contributed by atoms with Crippen LogP contribution in [0.2, 0.25) is 0 Å². The van der Waals surface area contributed by atoms with Crippen molar-refractivity contribution < 1.29 is 19.5 Å². The van der Waals surface area contributed by atoms with Gasteiger partial charge >= 0.3 is 0 Å². The van der Waals surface area contributed by atoms with E-state index in [9.17, 15) is 14.9 Å². The maximum absolute atomic E-state index is 9.91. The van der Waals surface area contributed by atoms with Crippen LogP contribution in [0, 0.1) is 17.0 Å². The van der Waals surface area contributed by atoms with Gasteiger partial charge in [-0.2, -0.15) is 0 Å². The molecule has 13 heteroatoms. The van der Waals surface area contributed by atoms with Crippen molar-refractivity contribution in [2.75, 3.05) is 5.73 Å². The summed E-state index contributed by atoms with van der Waals surface area (Å²) in [6.07, 6.45) is 0. The van der Waals surface area contributed by atoms with Crippen molar-refractivity contribution in [1.82, 2.24) is 10.2 Å². The van der Waals surface area contributed by atoms with E-state index in [2.05, 4.69) is 39.3 Å². The van der Waals surface area contributed by atoms with Gasteiger partial charge in [-0.05, 0) is 42.1 Å². The molecule has 0 aliphatic rings. The maximum Gasteiger partial charge on any atom is 0.294 e. The molecule has 31 heavy (non-hydrogen) atoms. The molecule has 0 bridgehead atoms. The first kappa shape index (κ1) is 26.2. The topological polar surface area (TPSA) is 156 Å². The van der Waals surface area contributed by atoms with Gasteiger partial charge in [-0.1, -0.05) is 53.3 Å². The van der Waals surface area contributed by atoms with Gasteiger partial charge in [0.1, 0.15) is 13.2 Å². The highest BCUT2D eigenvalue weighted by Crippen LogP contribution is 2.17. The molecular weight excluding hydrogens is 462 g/mol. The van der Waals surface area contributed by atoms with Crippen LogP contribution in [-0.2, 0) is 27.6 Å². The van der Waals surface area contributed by atoms with Crippen molar-refractivity contribution in [3.05, 3.63) is 75.3 Å². The van der Waals surface area contributed by atoms with Gasteiger partial charge in [0.25, 0.3) is 11.6 Å². The van der Waals surface area contributed by atoms with Crippen LogP contribution in [0.1, 0.15) is 16.7 Å². The predicted octanol–water partition coefficient (Wildman–Crippen LogP) is 3.44. The van der Waals surface area contributed by atoms with E-state index in [1.807, 2.05) is 24.3 Å². The van der Waals surface area contributed by atoms with Crippen molar-refractivity contribution in [2.45, 2.75) is 29.4 Å². The third-order valence-electron chi connectivity index (χ3n) is 3.23. The molecule has 3 aromatic rings. The molecule has 0 saturated heterocycles. The minimum Gasteiger partial charge on any atom is -0.463 e. The molecule has 1 aromatic heterocycles. The molecule has 166 valence electrons. The zero-order valence-corrected chi connectivity index (χ0v) is 18.9. The number of nitrogens with two attached hydrogens (primary N) is 2. The zero-order valence-electron chi connectivity index (χ0n) is 16.4. The van der Waals surface area contributed by atoms with E-state index in [4.69, 9.17) is 10.9 Å². The summed E-state index contributed by atoms with van der Waals surface area (Å²) in [6.45, 7) is 2.54. The number of carbonyl (C=O) groups excluding carboxylic acids is 1. The Morgan fingerprint density at radius 1 is 1.13 bits per heavy atom. The number of nitrogen functional groups attached to an aromatic ring is 1. The van der Waals surface area contributed by atoms with Crippen LogP contribution < -0.4 is 10.9 Å². The first-order valence-corrected chi connectivity index (χ1v) is 10.6. The highest BCUT2D eigenvalue weighted by molar-refractivity contribution is 7.98. The van der Waals surface area contributed by atoms with Gasteiger partial charge in [0, 0.05) is 4.90 Å². The summed E-state index contributed by atoms with van der Waals surface area (Å²) in [5, 5.41) is 21.8. The number of ether oxygens (including phenoxy) is 1. The van der Waals surface area contributed by atoms with Crippen LogP contribution in [0.4, 0.5) is 5.13 Å². The number of benzene rings is 2. The minimum absolute atomic E-state index is 0.0815. The molecule has 2 aromatic carbocycles. The molecular formula is C18H21N5O5S3. The van der Waals surface area contributed by atoms with Gasteiger partial charge in [0.2, 0.25) is 5.13 Å². The monoisotopic (exact) mass is 483 g/mol. The Balaban J connectivity index is 0.000000253. The third-order valence-corrected chi connectivity index (χ3v) is 4.90. The number of nitrogens with zero attached hydrogens (tertiary/aromatic N) is 3. The number of aryl methyl sites for hydroxylation is 1. The Bertz CT molecular complexity index is 902. The highest BCUT2D eigenvalue weighted by atomic mass is 32.2. The summed E-state index contributed by atoms with van der Waals surface area (Å²) in [4.78, 5) is 25.0. The Morgan fingerprint density at radius 2 is 1.71 bits per heavy atom. The van der Waals surface area contributed by atoms with Crippen molar-refractivity contribution in [3.8, 4) is 0 Å². The van der Waals surface area contributed by atoms with E-state index in [1.165, 1.54) is 16.9 Å². The molecule has 3 rings (SSSR count). The van der Waals surface area contributed by atoms with Crippen LogP contribution in [0.5, 0.6) is 0 Å². The van der Waals surface area contributed by atoms with Crippen LogP contribution in [-0.4, -0.2) is 21.8 Å². The lowest BCUT2D eigenvalue weighted by atomic mass is 10.1. The predicted molar refractivity (Wildman–Crippen MR) is 122 cm³/mol. The van der Waals surface area contributed by atoms with Gasteiger partial charge in [-0.15, -0.1) is 32.9 Å². The summed E-state index contributed by atoms with van der Waals surface area (Å²) < 4.78 is 5.23. The van der Waals surface area contributed by atoms with Gasteiger partial charge in [0.15, 0.2) is 4.34 Å². The Hall–Kier alpha value is -2.87. The van der Waals surface area contributed by atoms with Crippen LogP contribution >= 0.6 is 35.9 Å². The van der Waals surface area contributed by atoms with Crippen LogP contribution in [0.15, 0.2) is 57.8 Å². The maximum atomic E-state index is 9.91. The van der Waals surface area contributed by atoms with Crippen molar-refractivity contribution >= 4 is 47.5 Å². The largest absolute Gasteiger partial charge is 0.463 e. The fourth-order valence-corrected chi connectivity index (χ4v) is 2.83. The van der Waals surface area contributed by atoms with Crippen LogP contribution in [0.25, 0.3) is 0 Å². The number of hydrogen-bond acceptors (Lipinski definition) is 12.